The molecule has 0 spiro atoms. The van der Waals surface area contributed by atoms with Crippen LogP contribution in [0.5, 0.6) is 0 Å². The molecular formula is C13H8FNO3. The van der Waals surface area contributed by atoms with Crippen LogP contribution in [-0.2, 0) is 0 Å². The first-order valence-electron chi connectivity index (χ1n) is 5.13. The predicted octanol–water partition coefficient (Wildman–Crippen LogP) is 2.96. The molecule has 0 radical (unpaired) electrons. The summed E-state index contributed by atoms with van der Waals surface area (Å²) < 4.78 is 13.4. The maximum Gasteiger partial charge on any atom is 0.304 e. The number of hydrogen-bond acceptors (Lipinski definition) is 3. The normalized spacial score (nSPS) is 10.1. The van der Waals surface area contributed by atoms with Crippen molar-refractivity contribution in [2.24, 2.45) is 0 Å². The fourth-order valence-corrected chi connectivity index (χ4v) is 1.55. The standard InChI is InChI=1S/C13H8FNO3/c14-11-8-10(6-7-12(11)15(17)18)13(16)9-4-2-1-3-5-9/h1-8H. The van der Waals surface area contributed by atoms with Gasteiger partial charge in [-0.2, -0.15) is 4.39 Å². The maximum atomic E-state index is 13.4. The lowest BCUT2D eigenvalue weighted by Crippen LogP contribution is -2.02. The van der Waals surface area contributed by atoms with Gasteiger partial charge < -0.3 is 0 Å². The number of carbonyl (C=O) groups excluding carboxylic acids is 1. The van der Waals surface area contributed by atoms with E-state index in [0.29, 0.717) is 5.56 Å². The van der Waals surface area contributed by atoms with Crippen LogP contribution in [0.25, 0.3) is 0 Å². The molecule has 0 saturated heterocycles. The van der Waals surface area contributed by atoms with E-state index in [-0.39, 0.29) is 11.3 Å². The molecule has 0 aliphatic rings. The number of rotatable bonds is 3. The van der Waals surface area contributed by atoms with Gasteiger partial charge >= 0.3 is 5.69 Å². The third kappa shape index (κ3) is 2.24. The first kappa shape index (κ1) is 11.9. The zero-order valence-corrected chi connectivity index (χ0v) is 9.17. The number of benzene rings is 2. The molecule has 2 aromatic rings. The molecule has 0 aromatic heterocycles. The van der Waals surface area contributed by atoms with Crippen molar-refractivity contribution in [3.63, 3.8) is 0 Å². The molecule has 18 heavy (non-hydrogen) atoms. The Balaban J connectivity index is 2.39. The largest absolute Gasteiger partial charge is 0.304 e. The highest BCUT2D eigenvalue weighted by molar-refractivity contribution is 6.09. The van der Waals surface area contributed by atoms with Gasteiger partial charge in [0.05, 0.1) is 4.92 Å². The molecule has 0 saturated carbocycles. The molecule has 0 N–H and O–H groups in total. The maximum absolute atomic E-state index is 13.4. The van der Waals surface area contributed by atoms with Crippen LogP contribution in [-0.4, -0.2) is 10.7 Å². The van der Waals surface area contributed by atoms with Crippen molar-refractivity contribution in [1.82, 2.24) is 0 Å². The van der Waals surface area contributed by atoms with E-state index in [4.69, 9.17) is 0 Å². The highest BCUT2D eigenvalue weighted by Crippen LogP contribution is 2.19. The van der Waals surface area contributed by atoms with E-state index in [0.717, 1.165) is 12.1 Å². The number of nitrogens with zero attached hydrogens (tertiary/aromatic N) is 1. The van der Waals surface area contributed by atoms with Gasteiger partial charge in [0.2, 0.25) is 5.82 Å². The third-order valence-electron chi connectivity index (χ3n) is 2.44. The molecule has 5 heteroatoms. The number of hydrogen-bond donors (Lipinski definition) is 0. The third-order valence-corrected chi connectivity index (χ3v) is 2.44. The second-order valence-electron chi connectivity index (χ2n) is 3.62. The zero-order valence-electron chi connectivity index (χ0n) is 9.17. The van der Waals surface area contributed by atoms with Crippen LogP contribution in [0.1, 0.15) is 15.9 Å². The molecule has 2 rings (SSSR count). The van der Waals surface area contributed by atoms with E-state index in [1.54, 1.807) is 30.3 Å². The van der Waals surface area contributed by atoms with Gasteiger partial charge in [0.15, 0.2) is 5.78 Å². The van der Waals surface area contributed by atoms with Crippen molar-refractivity contribution in [2.75, 3.05) is 0 Å². The van der Waals surface area contributed by atoms with Gasteiger partial charge in [0.25, 0.3) is 0 Å². The Kier molecular flexibility index (Phi) is 3.14. The second kappa shape index (κ2) is 4.75. The SMILES string of the molecule is O=C(c1ccccc1)c1ccc([N+](=O)[O-])c(F)c1. The van der Waals surface area contributed by atoms with Gasteiger partial charge in [0.1, 0.15) is 0 Å². The van der Waals surface area contributed by atoms with E-state index < -0.39 is 16.4 Å². The van der Waals surface area contributed by atoms with Crippen molar-refractivity contribution >= 4 is 11.5 Å². The summed E-state index contributed by atoms with van der Waals surface area (Å²) >= 11 is 0. The van der Waals surface area contributed by atoms with Crippen LogP contribution in [0.3, 0.4) is 0 Å². The summed E-state index contributed by atoms with van der Waals surface area (Å²) in [5.74, 6) is -1.38. The average Bonchev–Trinajstić information content (AvgIpc) is 2.38. The van der Waals surface area contributed by atoms with E-state index in [2.05, 4.69) is 0 Å². The Bertz CT molecular complexity index is 611. The lowest BCUT2D eigenvalue weighted by atomic mass is 10.0. The highest BCUT2D eigenvalue weighted by Gasteiger charge is 2.17. The van der Waals surface area contributed by atoms with Gasteiger partial charge in [-0.25, -0.2) is 0 Å². The molecule has 90 valence electrons. The fourth-order valence-electron chi connectivity index (χ4n) is 1.55. The van der Waals surface area contributed by atoms with Crippen LogP contribution in [0.15, 0.2) is 48.5 Å². The molecule has 0 heterocycles. The number of nitro benzene ring substituents is 1. The van der Waals surface area contributed by atoms with Crippen LogP contribution >= 0.6 is 0 Å². The van der Waals surface area contributed by atoms with Gasteiger partial charge in [-0.1, -0.05) is 30.3 Å². The van der Waals surface area contributed by atoms with Crippen LogP contribution in [0.4, 0.5) is 10.1 Å². The van der Waals surface area contributed by atoms with Crippen LogP contribution in [0, 0.1) is 15.9 Å². The van der Waals surface area contributed by atoms with Crippen molar-refractivity contribution in [3.8, 4) is 0 Å². The first-order valence-corrected chi connectivity index (χ1v) is 5.13. The first-order chi connectivity index (χ1) is 8.59. The zero-order chi connectivity index (χ0) is 13.1. The number of carbonyl (C=O) groups is 1. The Labute approximate surface area is 102 Å². The van der Waals surface area contributed by atoms with E-state index in [9.17, 15) is 19.3 Å². The Hall–Kier alpha value is -2.56. The van der Waals surface area contributed by atoms with Crippen molar-refractivity contribution in [1.29, 1.82) is 0 Å². The lowest BCUT2D eigenvalue weighted by molar-refractivity contribution is -0.387. The molecule has 0 aliphatic heterocycles. The van der Waals surface area contributed by atoms with Crippen molar-refractivity contribution in [2.45, 2.75) is 0 Å². The Morgan fingerprint density at radius 3 is 2.28 bits per heavy atom. The Morgan fingerprint density at radius 2 is 1.72 bits per heavy atom. The molecule has 0 unspecified atom stereocenters. The smallest absolute Gasteiger partial charge is 0.289 e. The van der Waals surface area contributed by atoms with Crippen molar-refractivity contribution < 1.29 is 14.1 Å². The summed E-state index contributed by atoms with van der Waals surface area (Å²) in [6, 6.07) is 11.5. The summed E-state index contributed by atoms with van der Waals surface area (Å²) in [6.07, 6.45) is 0. The van der Waals surface area contributed by atoms with Gasteiger partial charge in [-0.05, 0) is 12.1 Å². The summed E-state index contributed by atoms with van der Waals surface area (Å²) in [7, 11) is 0. The molecule has 2 aromatic carbocycles. The van der Waals surface area contributed by atoms with Gasteiger partial charge in [0, 0.05) is 17.2 Å². The van der Waals surface area contributed by atoms with Crippen LogP contribution in [0.2, 0.25) is 0 Å². The fraction of sp³-hybridized carbons (Fsp3) is 0. The van der Waals surface area contributed by atoms with Gasteiger partial charge in [-0.3, -0.25) is 14.9 Å². The number of ketones is 1. The molecule has 0 atom stereocenters. The molecule has 0 bridgehead atoms. The molecule has 0 amide bonds. The predicted molar refractivity (Wildman–Crippen MR) is 62.9 cm³/mol. The molecule has 4 nitrogen and oxygen atoms in total. The topological polar surface area (TPSA) is 60.2 Å². The van der Waals surface area contributed by atoms with E-state index in [1.807, 2.05) is 0 Å². The van der Waals surface area contributed by atoms with E-state index in [1.165, 1.54) is 6.07 Å². The minimum Gasteiger partial charge on any atom is -0.289 e. The highest BCUT2D eigenvalue weighted by atomic mass is 19.1. The molecule has 0 fully saturated rings. The number of nitro groups is 1. The minimum atomic E-state index is -1.01. The lowest BCUT2D eigenvalue weighted by Gasteiger charge is -2.01. The summed E-state index contributed by atoms with van der Waals surface area (Å²) in [6.45, 7) is 0. The Morgan fingerprint density at radius 1 is 1.06 bits per heavy atom. The average molecular weight is 245 g/mol. The quantitative estimate of drug-likeness (QED) is 0.474. The summed E-state index contributed by atoms with van der Waals surface area (Å²) in [4.78, 5) is 21.6. The molecular weight excluding hydrogens is 237 g/mol. The number of halogens is 1. The monoisotopic (exact) mass is 245 g/mol. The summed E-state index contributed by atoms with van der Waals surface area (Å²) in [5.41, 5.74) is -0.144. The minimum absolute atomic E-state index is 0.0873. The van der Waals surface area contributed by atoms with Crippen molar-refractivity contribution in [3.05, 3.63) is 75.6 Å². The second-order valence-corrected chi connectivity index (χ2v) is 3.62. The van der Waals surface area contributed by atoms with Crippen LogP contribution < -0.4 is 0 Å². The van der Waals surface area contributed by atoms with Gasteiger partial charge in [-0.15, -0.1) is 0 Å². The van der Waals surface area contributed by atoms with E-state index >= 15 is 0 Å². The summed E-state index contributed by atoms with van der Waals surface area (Å²) in [5, 5.41) is 10.5. The molecule has 0 aliphatic carbocycles.